The first-order valence-electron chi connectivity index (χ1n) is 5.60. The van der Waals surface area contributed by atoms with Gasteiger partial charge in [-0.3, -0.25) is 11.3 Å². The summed E-state index contributed by atoms with van der Waals surface area (Å²) in [6.45, 7) is 2.08. The first-order chi connectivity index (χ1) is 8.69. The topological polar surface area (TPSA) is 38.0 Å². The minimum absolute atomic E-state index is 0.124. The molecule has 1 heterocycles. The van der Waals surface area contributed by atoms with Crippen LogP contribution >= 0.6 is 23.1 Å². The van der Waals surface area contributed by atoms with Crippen molar-refractivity contribution in [2.75, 3.05) is 5.75 Å². The second kappa shape index (κ2) is 6.33. The summed E-state index contributed by atoms with van der Waals surface area (Å²) in [6.07, 6.45) is 0. The lowest BCUT2D eigenvalue weighted by Gasteiger charge is -2.13. The van der Waals surface area contributed by atoms with Crippen LogP contribution in [0.25, 0.3) is 0 Å². The molecule has 0 aliphatic heterocycles. The highest BCUT2D eigenvalue weighted by atomic mass is 32.2. The van der Waals surface area contributed by atoms with E-state index in [0.29, 0.717) is 0 Å². The average Bonchev–Trinajstić information content (AvgIpc) is 2.79. The Bertz CT molecular complexity index is 496. The molecule has 1 atom stereocenters. The number of benzene rings is 1. The van der Waals surface area contributed by atoms with Crippen molar-refractivity contribution in [2.45, 2.75) is 17.9 Å². The van der Waals surface area contributed by atoms with Crippen molar-refractivity contribution in [1.82, 2.24) is 5.43 Å². The van der Waals surface area contributed by atoms with Crippen LogP contribution in [0.1, 0.15) is 15.8 Å². The van der Waals surface area contributed by atoms with Gasteiger partial charge in [0.05, 0.1) is 6.04 Å². The van der Waals surface area contributed by atoms with Crippen LogP contribution in [-0.2, 0) is 0 Å². The van der Waals surface area contributed by atoms with Gasteiger partial charge >= 0.3 is 0 Å². The molecule has 1 unspecified atom stereocenters. The maximum atomic E-state index is 12.8. The molecule has 3 N–H and O–H groups in total. The van der Waals surface area contributed by atoms with Crippen LogP contribution in [0.2, 0.25) is 0 Å². The smallest absolute Gasteiger partial charge is 0.123 e. The van der Waals surface area contributed by atoms with E-state index in [1.165, 1.54) is 21.9 Å². The number of aryl methyl sites for hydroxylation is 1. The highest BCUT2D eigenvalue weighted by Crippen LogP contribution is 2.28. The van der Waals surface area contributed by atoms with Gasteiger partial charge in [-0.05, 0) is 43.3 Å². The zero-order chi connectivity index (χ0) is 13.0. The molecular formula is C13H15FN2S2. The van der Waals surface area contributed by atoms with E-state index in [1.807, 2.05) is 0 Å². The number of nitrogens with one attached hydrogen (secondary N) is 1. The minimum Gasteiger partial charge on any atom is -0.271 e. The monoisotopic (exact) mass is 282 g/mol. The molecule has 0 spiro atoms. The zero-order valence-corrected chi connectivity index (χ0v) is 11.7. The highest BCUT2D eigenvalue weighted by Gasteiger charge is 2.12. The van der Waals surface area contributed by atoms with E-state index >= 15 is 0 Å². The largest absolute Gasteiger partial charge is 0.271 e. The van der Waals surface area contributed by atoms with Crippen LogP contribution in [0.15, 0.2) is 41.3 Å². The quantitative estimate of drug-likeness (QED) is 0.501. The summed E-state index contributed by atoms with van der Waals surface area (Å²) in [6, 6.07) is 10.8. The molecule has 2 nitrogen and oxygen atoms in total. The second-order valence-corrected chi connectivity index (χ2v) is 6.35. The Morgan fingerprint density at radius 2 is 2.00 bits per heavy atom. The lowest BCUT2D eigenvalue weighted by Crippen LogP contribution is -2.29. The van der Waals surface area contributed by atoms with E-state index in [9.17, 15) is 4.39 Å². The lowest BCUT2D eigenvalue weighted by molar-refractivity contribution is 0.620. The third kappa shape index (κ3) is 3.55. The Kier molecular flexibility index (Phi) is 4.77. The fourth-order valence-corrected chi connectivity index (χ4v) is 3.57. The Morgan fingerprint density at radius 3 is 2.56 bits per heavy atom. The van der Waals surface area contributed by atoms with E-state index in [0.717, 1.165) is 10.6 Å². The SMILES string of the molecule is Cc1ccc(C(CSc2ccc(F)cc2)NN)s1. The van der Waals surface area contributed by atoms with Crippen molar-refractivity contribution in [3.63, 3.8) is 0 Å². The molecule has 0 aliphatic rings. The molecule has 1 aromatic heterocycles. The van der Waals surface area contributed by atoms with E-state index in [4.69, 9.17) is 5.84 Å². The molecule has 0 saturated heterocycles. The fraction of sp³-hybridized carbons (Fsp3) is 0.231. The van der Waals surface area contributed by atoms with E-state index in [1.54, 1.807) is 35.2 Å². The van der Waals surface area contributed by atoms with Gasteiger partial charge in [0, 0.05) is 20.4 Å². The number of hydrogen-bond donors (Lipinski definition) is 2. The lowest BCUT2D eigenvalue weighted by atomic mass is 10.3. The van der Waals surface area contributed by atoms with Crippen molar-refractivity contribution >= 4 is 23.1 Å². The van der Waals surface area contributed by atoms with Crippen molar-refractivity contribution in [3.05, 3.63) is 52.0 Å². The van der Waals surface area contributed by atoms with Crippen molar-refractivity contribution < 1.29 is 4.39 Å². The maximum Gasteiger partial charge on any atom is 0.123 e. The summed E-state index contributed by atoms with van der Waals surface area (Å²) >= 11 is 3.41. The Balaban J connectivity index is 1.97. The first-order valence-corrected chi connectivity index (χ1v) is 7.40. The molecule has 0 fully saturated rings. The van der Waals surface area contributed by atoms with Crippen LogP contribution < -0.4 is 11.3 Å². The summed E-state index contributed by atoms with van der Waals surface area (Å²) < 4.78 is 12.8. The average molecular weight is 282 g/mol. The predicted octanol–water partition coefficient (Wildman–Crippen LogP) is 3.49. The molecule has 2 aromatic rings. The van der Waals surface area contributed by atoms with Crippen molar-refractivity contribution in [3.8, 4) is 0 Å². The Morgan fingerprint density at radius 1 is 1.28 bits per heavy atom. The van der Waals surface area contributed by atoms with Gasteiger partial charge in [0.15, 0.2) is 0 Å². The van der Waals surface area contributed by atoms with E-state index in [-0.39, 0.29) is 11.9 Å². The van der Waals surface area contributed by atoms with Gasteiger partial charge in [-0.15, -0.1) is 23.1 Å². The van der Waals surface area contributed by atoms with E-state index < -0.39 is 0 Å². The van der Waals surface area contributed by atoms with Crippen LogP contribution in [0.5, 0.6) is 0 Å². The van der Waals surface area contributed by atoms with Gasteiger partial charge < -0.3 is 0 Å². The molecule has 18 heavy (non-hydrogen) atoms. The summed E-state index contributed by atoms with van der Waals surface area (Å²) in [5.41, 5.74) is 2.83. The second-order valence-electron chi connectivity index (χ2n) is 3.93. The third-order valence-corrected chi connectivity index (χ3v) is 4.76. The molecule has 0 radical (unpaired) electrons. The van der Waals surface area contributed by atoms with Crippen LogP contribution in [0, 0.1) is 12.7 Å². The van der Waals surface area contributed by atoms with Gasteiger partial charge in [0.1, 0.15) is 5.82 Å². The summed E-state index contributed by atoms with van der Waals surface area (Å²) in [4.78, 5) is 3.55. The molecule has 96 valence electrons. The molecule has 1 aromatic carbocycles. The third-order valence-electron chi connectivity index (χ3n) is 2.54. The standard InChI is InChI=1S/C13H15FN2S2/c1-9-2-7-13(18-9)12(16-15)8-17-11-5-3-10(14)4-6-11/h2-7,12,16H,8,15H2,1H3. The normalized spacial score (nSPS) is 12.6. The van der Waals surface area contributed by atoms with Crippen LogP contribution in [0.3, 0.4) is 0 Å². The summed E-state index contributed by atoms with van der Waals surface area (Å²) in [5.74, 6) is 6.20. The van der Waals surface area contributed by atoms with Gasteiger partial charge in [-0.25, -0.2) is 4.39 Å². The van der Waals surface area contributed by atoms with Gasteiger partial charge in [0.2, 0.25) is 0 Å². The summed E-state index contributed by atoms with van der Waals surface area (Å²) in [7, 11) is 0. The minimum atomic E-state index is -0.207. The predicted molar refractivity (Wildman–Crippen MR) is 76.2 cm³/mol. The van der Waals surface area contributed by atoms with Gasteiger partial charge in [0.25, 0.3) is 0 Å². The number of thioether (sulfide) groups is 1. The van der Waals surface area contributed by atoms with Crippen LogP contribution in [-0.4, -0.2) is 5.75 Å². The molecule has 0 aliphatic carbocycles. The highest BCUT2D eigenvalue weighted by molar-refractivity contribution is 7.99. The number of hydrogen-bond acceptors (Lipinski definition) is 4. The Labute approximate surface area is 114 Å². The fourth-order valence-electron chi connectivity index (χ4n) is 1.56. The number of halogens is 1. The molecule has 0 amide bonds. The molecule has 5 heteroatoms. The number of nitrogens with two attached hydrogens (primary N) is 1. The Hall–Kier alpha value is -0.880. The van der Waals surface area contributed by atoms with E-state index in [2.05, 4.69) is 24.5 Å². The molecule has 0 bridgehead atoms. The van der Waals surface area contributed by atoms with Crippen LogP contribution in [0.4, 0.5) is 4.39 Å². The first kappa shape index (κ1) is 13.5. The number of thiophene rings is 1. The van der Waals surface area contributed by atoms with Gasteiger partial charge in [-0.1, -0.05) is 0 Å². The van der Waals surface area contributed by atoms with Gasteiger partial charge in [-0.2, -0.15) is 0 Å². The zero-order valence-electron chi connectivity index (χ0n) is 10.0. The molecule has 2 rings (SSSR count). The molecule has 0 saturated carbocycles. The van der Waals surface area contributed by atoms with Crippen molar-refractivity contribution in [1.29, 1.82) is 0 Å². The number of hydrazine groups is 1. The number of rotatable bonds is 5. The molecular weight excluding hydrogens is 267 g/mol. The summed E-state index contributed by atoms with van der Waals surface area (Å²) in [5, 5.41) is 0. The maximum absolute atomic E-state index is 12.8. The van der Waals surface area contributed by atoms with Crippen molar-refractivity contribution in [2.24, 2.45) is 5.84 Å².